The molecule has 0 aliphatic heterocycles. The highest BCUT2D eigenvalue weighted by atomic mass is 32.2. The lowest BCUT2D eigenvalue weighted by molar-refractivity contribution is 0.0525. The molecule has 1 rings (SSSR count). The Labute approximate surface area is 150 Å². The van der Waals surface area contributed by atoms with Crippen molar-refractivity contribution in [3.05, 3.63) is 29.8 Å². The Morgan fingerprint density at radius 2 is 1.76 bits per heavy atom. The molecule has 8 heteroatoms. The maximum Gasteiger partial charge on any atom is 0.407 e. The highest BCUT2D eigenvalue weighted by molar-refractivity contribution is 7.88. The van der Waals surface area contributed by atoms with Crippen LogP contribution in [0, 0.1) is 0 Å². The van der Waals surface area contributed by atoms with Crippen molar-refractivity contribution in [3.63, 3.8) is 0 Å². The third kappa shape index (κ3) is 8.74. The van der Waals surface area contributed by atoms with E-state index in [2.05, 4.69) is 5.32 Å². The third-order valence-electron chi connectivity index (χ3n) is 3.31. The van der Waals surface area contributed by atoms with Gasteiger partial charge in [0.25, 0.3) is 0 Å². The number of rotatable bonds is 8. The quantitative estimate of drug-likeness (QED) is 0.755. The van der Waals surface area contributed by atoms with Crippen LogP contribution in [0.3, 0.4) is 0 Å². The first-order valence-corrected chi connectivity index (χ1v) is 9.91. The van der Waals surface area contributed by atoms with Gasteiger partial charge >= 0.3 is 6.09 Å². The minimum absolute atomic E-state index is 0.185. The molecule has 0 radical (unpaired) electrons. The van der Waals surface area contributed by atoms with E-state index in [0.717, 1.165) is 17.6 Å². The summed E-state index contributed by atoms with van der Waals surface area (Å²) in [7, 11) is -1.77. The normalized spacial score (nSPS) is 12.1. The summed E-state index contributed by atoms with van der Waals surface area (Å²) in [6, 6.07) is 7.48. The van der Waals surface area contributed by atoms with Crippen LogP contribution in [0.25, 0.3) is 0 Å². The summed E-state index contributed by atoms with van der Waals surface area (Å²) < 4.78 is 35.4. The molecule has 0 fully saturated rings. The minimum Gasteiger partial charge on any atom is -0.497 e. The lowest BCUT2D eigenvalue weighted by Gasteiger charge is -2.22. The van der Waals surface area contributed by atoms with E-state index in [1.807, 2.05) is 24.3 Å². The topological polar surface area (TPSA) is 84.9 Å². The lowest BCUT2D eigenvalue weighted by Crippen LogP contribution is -2.40. The van der Waals surface area contributed by atoms with Gasteiger partial charge in [-0.05, 0) is 44.9 Å². The van der Waals surface area contributed by atoms with Gasteiger partial charge in [0.1, 0.15) is 11.4 Å². The van der Waals surface area contributed by atoms with Crippen LogP contribution in [0.4, 0.5) is 4.79 Å². The van der Waals surface area contributed by atoms with Gasteiger partial charge in [-0.2, -0.15) is 0 Å². The number of nitrogens with zero attached hydrogens (tertiary/aromatic N) is 1. The van der Waals surface area contributed by atoms with E-state index in [9.17, 15) is 13.2 Å². The van der Waals surface area contributed by atoms with Crippen LogP contribution in [-0.2, 0) is 21.2 Å². The van der Waals surface area contributed by atoms with Gasteiger partial charge in [-0.15, -0.1) is 0 Å². The van der Waals surface area contributed by atoms with Crippen molar-refractivity contribution < 1.29 is 22.7 Å². The first kappa shape index (κ1) is 21.2. The van der Waals surface area contributed by atoms with Crippen LogP contribution < -0.4 is 10.1 Å². The highest BCUT2D eigenvalue weighted by Gasteiger charge is 2.18. The second kappa shape index (κ2) is 9.05. The molecule has 0 saturated heterocycles. The monoisotopic (exact) mass is 372 g/mol. The number of sulfonamides is 1. The van der Waals surface area contributed by atoms with Gasteiger partial charge in [0.15, 0.2) is 0 Å². The summed E-state index contributed by atoms with van der Waals surface area (Å²) in [5.41, 5.74) is 0.421. The number of amides is 1. The summed E-state index contributed by atoms with van der Waals surface area (Å²) in [5, 5.41) is 2.57. The zero-order valence-electron chi connectivity index (χ0n) is 15.5. The molecule has 0 atom stereocenters. The van der Waals surface area contributed by atoms with Crippen molar-refractivity contribution in [1.82, 2.24) is 9.62 Å². The number of hydrogen-bond acceptors (Lipinski definition) is 5. The van der Waals surface area contributed by atoms with Crippen LogP contribution in [0.15, 0.2) is 24.3 Å². The van der Waals surface area contributed by atoms with E-state index >= 15 is 0 Å². The van der Waals surface area contributed by atoms with E-state index < -0.39 is 21.7 Å². The average molecular weight is 372 g/mol. The number of carbonyl (C=O) groups excluding carboxylic acids is 1. The molecule has 142 valence electrons. The van der Waals surface area contributed by atoms with Crippen molar-refractivity contribution in [1.29, 1.82) is 0 Å². The Kier molecular flexibility index (Phi) is 7.69. The SMILES string of the molecule is COc1ccc(CCN(CCNC(=O)OC(C)(C)C)S(C)(=O)=O)cc1. The fourth-order valence-electron chi connectivity index (χ4n) is 2.09. The van der Waals surface area contributed by atoms with Gasteiger partial charge < -0.3 is 14.8 Å². The molecule has 0 saturated carbocycles. The summed E-state index contributed by atoms with van der Waals surface area (Å²) in [6.07, 6.45) is 1.17. The summed E-state index contributed by atoms with van der Waals surface area (Å²) in [4.78, 5) is 11.6. The number of methoxy groups -OCH3 is 1. The molecular weight excluding hydrogens is 344 g/mol. The average Bonchev–Trinajstić information content (AvgIpc) is 2.48. The molecule has 0 spiro atoms. The highest BCUT2D eigenvalue weighted by Crippen LogP contribution is 2.12. The molecule has 0 unspecified atom stereocenters. The van der Waals surface area contributed by atoms with Crippen LogP contribution in [0.1, 0.15) is 26.3 Å². The van der Waals surface area contributed by atoms with Crippen molar-refractivity contribution in [2.45, 2.75) is 32.8 Å². The molecule has 7 nitrogen and oxygen atoms in total. The molecule has 0 aromatic heterocycles. The number of carbonyl (C=O) groups is 1. The van der Waals surface area contributed by atoms with Crippen molar-refractivity contribution in [2.75, 3.05) is 33.0 Å². The van der Waals surface area contributed by atoms with Crippen LogP contribution >= 0.6 is 0 Å². The van der Waals surface area contributed by atoms with E-state index in [4.69, 9.17) is 9.47 Å². The smallest absolute Gasteiger partial charge is 0.407 e. The fraction of sp³-hybridized carbons (Fsp3) is 0.588. The molecule has 1 aromatic carbocycles. The maximum atomic E-state index is 11.9. The van der Waals surface area contributed by atoms with E-state index in [1.54, 1.807) is 27.9 Å². The lowest BCUT2D eigenvalue weighted by atomic mass is 10.1. The molecule has 0 aliphatic rings. The minimum atomic E-state index is -3.36. The zero-order chi connectivity index (χ0) is 19.1. The number of hydrogen-bond donors (Lipinski definition) is 1. The fourth-order valence-corrected chi connectivity index (χ4v) is 2.93. The molecule has 0 heterocycles. The van der Waals surface area contributed by atoms with E-state index in [0.29, 0.717) is 13.0 Å². The second-order valence-corrected chi connectivity index (χ2v) is 8.67. The molecule has 1 amide bonds. The molecule has 1 N–H and O–H groups in total. The standard InChI is InChI=1S/C17H28N2O5S/c1-17(2,3)24-16(20)18-11-13-19(25(5,21)22)12-10-14-6-8-15(23-4)9-7-14/h6-9H,10-13H2,1-5H3,(H,18,20). The molecule has 1 aromatic rings. The van der Waals surface area contributed by atoms with E-state index in [1.165, 1.54) is 4.31 Å². The zero-order valence-corrected chi connectivity index (χ0v) is 16.4. The summed E-state index contributed by atoms with van der Waals surface area (Å²) in [6.45, 7) is 6.01. The third-order valence-corrected chi connectivity index (χ3v) is 4.61. The van der Waals surface area contributed by atoms with Crippen LogP contribution in [-0.4, -0.2) is 57.4 Å². The van der Waals surface area contributed by atoms with Gasteiger partial charge in [0.05, 0.1) is 13.4 Å². The maximum absolute atomic E-state index is 11.9. The Morgan fingerprint density at radius 1 is 1.16 bits per heavy atom. The molecule has 0 aliphatic carbocycles. The van der Waals surface area contributed by atoms with Crippen LogP contribution in [0.2, 0.25) is 0 Å². The molecule has 0 bridgehead atoms. The van der Waals surface area contributed by atoms with Crippen molar-refractivity contribution in [2.24, 2.45) is 0 Å². The Bertz CT molecular complexity index is 651. The summed E-state index contributed by atoms with van der Waals surface area (Å²) in [5.74, 6) is 0.755. The number of benzene rings is 1. The molecular formula is C17H28N2O5S. The van der Waals surface area contributed by atoms with E-state index in [-0.39, 0.29) is 13.1 Å². The van der Waals surface area contributed by atoms with Crippen LogP contribution in [0.5, 0.6) is 5.75 Å². The summed E-state index contributed by atoms with van der Waals surface area (Å²) >= 11 is 0. The van der Waals surface area contributed by atoms with Gasteiger partial charge in [-0.25, -0.2) is 17.5 Å². The Balaban J connectivity index is 2.53. The first-order valence-electron chi connectivity index (χ1n) is 8.06. The number of alkyl carbamates (subject to hydrolysis) is 1. The second-order valence-electron chi connectivity index (χ2n) is 6.69. The predicted molar refractivity (Wildman–Crippen MR) is 97.4 cm³/mol. The van der Waals surface area contributed by atoms with Gasteiger partial charge in [0, 0.05) is 19.6 Å². The van der Waals surface area contributed by atoms with Gasteiger partial charge in [-0.1, -0.05) is 12.1 Å². The first-order chi connectivity index (χ1) is 11.5. The van der Waals surface area contributed by atoms with Crippen molar-refractivity contribution >= 4 is 16.1 Å². The number of nitrogens with one attached hydrogen (secondary N) is 1. The number of ether oxygens (including phenoxy) is 2. The Morgan fingerprint density at radius 3 is 2.24 bits per heavy atom. The largest absolute Gasteiger partial charge is 0.497 e. The van der Waals surface area contributed by atoms with Crippen molar-refractivity contribution in [3.8, 4) is 5.75 Å². The Hall–Kier alpha value is -1.80. The predicted octanol–water partition coefficient (Wildman–Crippen LogP) is 2.02. The molecule has 25 heavy (non-hydrogen) atoms. The van der Waals surface area contributed by atoms with Gasteiger partial charge in [0.2, 0.25) is 10.0 Å². The van der Waals surface area contributed by atoms with Gasteiger partial charge in [-0.3, -0.25) is 0 Å².